The normalized spacial score (nSPS) is 16.8. The minimum absolute atomic E-state index is 0.0835. The fraction of sp³-hybridized carbons (Fsp3) is 0.389. The summed E-state index contributed by atoms with van der Waals surface area (Å²) >= 11 is 1.71. The van der Waals surface area contributed by atoms with Gasteiger partial charge in [-0.2, -0.15) is 0 Å². The first-order chi connectivity index (χ1) is 11.3. The summed E-state index contributed by atoms with van der Waals surface area (Å²) in [7, 11) is 0. The van der Waals surface area contributed by atoms with Gasteiger partial charge < -0.3 is 10.3 Å². The van der Waals surface area contributed by atoms with Crippen molar-refractivity contribution in [1.29, 1.82) is 0 Å². The fourth-order valence-electron chi connectivity index (χ4n) is 2.72. The Hall–Kier alpha value is -2.08. The molecule has 0 unspecified atom stereocenters. The quantitative estimate of drug-likeness (QED) is 0.879. The van der Waals surface area contributed by atoms with Crippen LogP contribution in [0.3, 0.4) is 0 Å². The molecule has 1 aromatic carbocycles. The van der Waals surface area contributed by atoms with E-state index in [-0.39, 0.29) is 28.5 Å². The van der Waals surface area contributed by atoms with Gasteiger partial charge >= 0.3 is 0 Å². The maximum Gasteiger partial charge on any atom is 0.264 e. The molecule has 2 aromatic rings. The number of nitrogens with zero attached hydrogens (tertiary/aromatic N) is 1. The van der Waals surface area contributed by atoms with Gasteiger partial charge in [0.2, 0.25) is 0 Å². The van der Waals surface area contributed by atoms with Crippen molar-refractivity contribution < 1.29 is 4.79 Å². The Kier molecular flexibility index (Phi) is 4.25. The van der Waals surface area contributed by atoms with E-state index in [1.165, 1.54) is 4.90 Å². The predicted molar refractivity (Wildman–Crippen MR) is 95.7 cm³/mol. The van der Waals surface area contributed by atoms with Gasteiger partial charge in [-0.05, 0) is 18.6 Å². The number of H-pyrrole nitrogens is 1. The summed E-state index contributed by atoms with van der Waals surface area (Å²) < 4.78 is 0. The highest BCUT2D eigenvalue weighted by molar-refractivity contribution is 7.99. The molecule has 1 aliphatic rings. The first-order valence-corrected chi connectivity index (χ1v) is 8.90. The van der Waals surface area contributed by atoms with Gasteiger partial charge in [0.05, 0.1) is 11.7 Å². The Labute approximate surface area is 145 Å². The standard InChI is InChI=1S/C18H21N3O2S/c1-10-14(16(23)21-17(19-10)18(2,3)4)15(22)20-12-9-24-13-8-6-5-7-11(12)13/h5-8,12H,9H2,1-4H3,(H,20,22)(H,19,21,23)/t12-/m0/s1. The SMILES string of the molecule is Cc1nc(C(C)(C)C)[nH]c(=O)c1C(=O)N[C@H]1CSc2ccccc21. The molecular weight excluding hydrogens is 322 g/mol. The van der Waals surface area contributed by atoms with E-state index in [1.54, 1.807) is 18.7 Å². The number of carbonyl (C=O) groups is 1. The van der Waals surface area contributed by atoms with Crippen molar-refractivity contribution >= 4 is 17.7 Å². The Bertz CT molecular complexity index is 852. The molecule has 0 saturated heterocycles. The molecule has 0 aliphatic carbocycles. The third kappa shape index (κ3) is 3.11. The first kappa shape index (κ1) is 16.8. The average Bonchev–Trinajstić information content (AvgIpc) is 2.89. The van der Waals surface area contributed by atoms with Crippen molar-refractivity contribution in [2.45, 2.75) is 44.0 Å². The number of aryl methyl sites for hydroxylation is 1. The molecule has 24 heavy (non-hydrogen) atoms. The molecule has 2 heterocycles. The van der Waals surface area contributed by atoms with Gasteiger partial charge in [0.1, 0.15) is 11.4 Å². The number of carbonyl (C=O) groups excluding carboxylic acids is 1. The van der Waals surface area contributed by atoms with Crippen molar-refractivity contribution in [3.63, 3.8) is 0 Å². The third-order valence-corrected chi connectivity index (χ3v) is 5.23. The van der Waals surface area contributed by atoms with E-state index in [4.69, 9.17) is 0 Å². The van der Waals surface area contributed by atoms with Crippen LogP contribution in [-0.2, 0) is 5.41 Å². The monoisotopic (exact) mass is 343 g/mol. The summed E-state index contributed by atoms with van der Waals surface area (Å²) in [6, 6.07) is 7.92. The van der Waals surface area contributed by atoms with E-state index in [0.29, 0.717) is 11.5 Å². The molecule has 0 saturated carbocycles. The highest BCUT2D eigenvalue weighted by Crippen LogP contribution is 2.37. The van der Waals surface area contributed by atoms with E-state index in [1.807, 2.05) is 45.0 Å². The Morgan fingerprint density at radius 1 is 1.33 bits per heavy atom. The van der Waals surface area contributed by atoms with Crippen LogP contribution in [0.4, 0.5) is 0 Å². The van der Waals surface area contributed by atoms with Crippen molar-refractivity contribution in [2.75, 3.05) is 5.75 Å². The topological polar surface area (TPSA) is 74.8 Å². The molecule has 0 bridgehead atoms. The molecule has 0 fully saturated rings. The number of aromatic amines is 1. The Balaban J connectivity index is 1.88. The van der Waals surface area contributed by atoms with Gasteiger partial charge in [-0.15, -0.1) is 11.8 Å². The summed E-state index contributed by atoms with van der Waals surface area (Å²) in [6.45, 7) is 7.61. The van der Waals surface area contributed by atoms with Crippen LogP contribution in [0.15, 0.2) is 34.0 Å². The van der Waals surface area contributed by atoms with Gasteiger partial charge in [-0.25, -0.2) is 4.98 Å². The molecule has 1 aromatic heterocycles. The highest BCUT2D eigenvalue weighted by Gasteiger charge is 2.27. The fourth-order valence-corrected chi connectivity index (χ4v) is 3.88. The smallest absolute Gasteiger partial charge is 0.264 e. The molecular formula is C18H21N3O2S. The number of hydrogen-bond donors (Lipinski definition) is 2. The van der Waals surface area contributed by atoms with Gasteiger partial charge in [-0.3, -0.25) is 9.59 Å². The number of hydrogen-bond acceptors (Lipinski definition) is 4. The second-order valence-electron chi connectivity index (χ2n) is 7.00. The minimum atomic E-state index is -0.385. The zero-order valence-electron chi connectivity index (χ0n) is 14.3. The van der Waals surface area contributed by atoms with Crippen LogP contribution in [0.25, 0.3) is 0 Å². The van der Waals surface area contributed by atoms with Crippen LogP contribution in [0, 0.1) is 6.92 Å². The van der Waals surface area contributed by atoms with Crippen LogP contribution < -0.4 is 10.9 Å². The second kappa shape index (κ2) is 6.09. The lowest BCUT2D eigenvalue weighted by Crippen LogP contribution is -2.35. The van der Waals surface area contributed by atoms with Crippen LogP contribution in [-0.4, -0.2) is 21.6 Å². The number of nitrogens with one attached hydrogen (secondary N) is 2. The number of amides is 1. The third-order valence-electron chi connectivity index (χ3n) is 4.04. The molecule has 0 radical (unpaired) electrons. The van der Waals surface area contributed by atoms with Gasteiger partial charge in [0, 0.05) is 16.1 Å². The number of rotatable bonds is 2. The molecule has 3 rings (SSSR count). The van der Waals surface area contributed by atoms with Crippen molar-refractivity contribution in [3.05, 3.63) is 57.3 Å². The van der Waals surface area contributed by atoms with E-state index in [9.17, 15) is 9.59 Å². The van der Waals surface area contributed by atoms with E-state index in [2.05, 4.69) is 15.3 Å². The van der Waals surface area contributed by atoms with Gasteiger partial charge in [0.15, 0.2) is 0 Å². The molecule has 1 amide bonds. The van der Waals surface area contributed by atoms with Crippen LogP contribution in [0.5, 0.6) is 0 Å². The molecule has 0 spiro atoms. The maximum absolute atomic E-state index is 12.6. The number of benzene rings is 1. The first-order valence-electron chi connectivity index (χ1n) is 7.91. The lowest BCUT2D eigenvalue weighted by atomic mass is 9.95. The van der Waals surface area contributed by atoms with E-state index in [0.717, 1.165) is 11.3 Å². The molecule has 1 atom stereocenters. The predicted octanol–water partition coefficient (Wildman–Crippen LogP) is 2.95. The minimum Gasteiger partial charge on any atom is -0.344 e. The zero-order chi connectivity index (χ0) is 17.5. The second-order valence-corrected chi connectivity index (χ2v) is 8.06. The summed E-state index contributed by atoms with van der Waals surface area (Å²) in [5.74, 6) is 0.988. The van der Waals surface area contributed by atoms with Crippen LogP contribution in [0.2, 0.25) is 0 Å². The van der Waals surface area contributed by atoms with E-state index < -0.39 is 0 Å². The zero-order valence-corrected chi connectivity index (χ0v) is 15.1. The van der Waals surface area contributed by atoms with Crippen molar-refractivity contribution in [2.24, 2.45) is 0 Å². The number of fused-ring (bicyclic) bond motifs is 1. The molecule has 2 N–H and O–H groups in total. The lowest BCUT2D eigenvalue weighted by molar-refractivity contribution is 0.0938. The maximum atomic E-state index is 12.6. The molecule has 1 aliphatic heterocycles. The van der Waals surface area contributed by atoms with Gasteiger partial charge in [0.25, 0.3) is 11.5 Å². The van der Waals surface area contributed by atoms with Crippen molar-refractivity contribution in [1.82, 2.24) is 15.3 Å². The van der Waals surface area contributed by atoms with Crippen molar-refractivity contribution in [3.8, 4) is 0 Å². The summed E-state index contributed by atoms with van der Waals surface area (Å²) in [6.07, 6.45) is 0. The van der Waals surface area contributed by atoms with Crippen LogP contribution >= 0.6 is 11.8 Å². The van der Waals surface area contributed by atoms with E-state index >= 15 is 0 Å². The lowest BCUT2D eigenvalue weighted by Gasteiger charge is -2.19. The largest absolute Gasteiger partial charge is 0.344 e. The molecule has 5 nitrogen and oxygen atoms in total. The summed E-state index contributed by atoms with van der Waals surface area (Å²) in [4.78, 5) is 33.4. The summed E-state index contributed by atoms with van der Waals surface area (Å²) in [5, 5.41) is 2.97. The molecule has 126 valence electrons. The highest BCUT2D eigenvalue weighted by atomic mass is 32.2. The number of aromatic nitrogens is 2. The number of thioether (sulfide) groups is 1. The Morgan fingerprint density at radius 2 is 2.04 bits per heavy atom. The summed E-state index contributed by atoms with van der Waals surface area (Å²) in [5.41, 5.74) is 0.991. The molecule has 6 heteroatoms. The van der Waals surface area contributed by atoms with Crippen LogP contribution in [0.1, 0.15) is 54.3 Å². The van der Waals surface area contributed by atoms with Gasteiger partial charge in [-0.1, -0.05) is 39.0 Å². The Morgan fingerprint density at radius 3 is 2.71 bits per heavy atom. The average molecular weight is 343 g/mol.